The number of aromatic nitrogens is 3. The van der Waals surface area contributed by atoms with Crippen molar-refractivity contribution in [3.63, 3.8) is 0 Å². The molecule has 0 amide bonds. The third-order valence-electron chi connectivity index (χ3n) is 2.19. The fourth-order valence-corrected chi connectivity index (χ4v) is 1.39. The third-order valence-corrected chi connectivity index (χ3v) is 2.19. The summed E-state index contributed by atoms with van der Waals surface area (Å²) in [6, 6.07) is 5.86. The van der Waals surface area contributed by atoms with E-state index in [0.717, 1.165) is 22.8 Å². The number of H-pyrrole nitrogens is 1. The van der Waals surface area contributed by atoms with E-state index < -0.39 is 0 Å². The molecule has 0 aliphatic rings. The highest BCUT2D eigenvalue weighted by Gasteiger charge is 2.07. The van der Waals surface area contributed by atoms with Crippen LogP contribution in [0, 0.1) is 18.3 Å². The minimum atomic E-state index is 0.341. The van der Waals surface area contributed by atoms with Crippen LogP contribution in [0.1, 0.15) is 11.4 Å². The molecule has 2 heterocycles. The number of nitrogens with one attached hydrogen (secondary N) is 1. The van der Waals surface area contributed by atoms with Crippen LogP contribution in [0.4, 0.5) is 0 Å². The minimum Gasteiger partial charge on any atom is -0.342 e. The molecule has 2 aromatic heterocycles. The lowest BCUT2D eigenvalue weighted by molar-refractivity contribution is 1.12. The molecule has 15 heavy (non-hydrogen) atoms. The molecule has 4 heteroatoms. The summed E-state index contributed by atoms with van der Waals surface area (Å²) in [7, 11) is 0. The zero-order valence-electron chi connectivity index (χ0n) is 8.36. The van der Waals surface area contributed by atoms with Crippen molar-refractivity contribution in [2.24, 2.45) is 0 Å². The largest absolute Gasteiger partial charge is 0.342 e. The van der Waals surface area contributed by atoms with Crippen molar-refractivity contribution < 1.29 is 0 Å². The number of hydrogen-bond acceptors (Lipinski definition) is 3. The Morgan fingerprint density at radius 1 is 1.40 bits per heavy atom. The maximum absolute atomic E-state index is 8.61. The first-order valence-corrected chi connectivity index (χ1v) is 4.64. The fourth-order valence-electron chi connectivity index (χ4n) is 1.39. The van der Waals surface area contributed by atoms with Gasteiger partial charge in [-0.1, -0.05) is 0 Å². The molecule has 0 unspecified atom stereocenters. The van der Waals surface area contributed by atoms with Crippen molar-refractivity contribution in [2.45, 2.75) is 13.3 Å². The van der Waals surface area contributed by atoms with E-state index in [1.54, 1.807) is 12.4 Å². The van der Waals surface area contributed by atoms with Crippen molar-refractivity contribution >= 4 is 0 Å². The molecule has 4 nitrogen and oxygen atoms in total. The monoisotopic (exact) mass is 198 g/mol. The Morgan fingerprint density at radius 3 is 2.80 bits per heavy atom. The second kappa shape index (κ2) is 3.93. The Hall–Kier alpha value is -2.15. The van der Waals surface area contributed by atoms with Gasteiger partial charge in [-0.25, -0.2) is 4.98 Å². The number of imidazole rings is 1. The molecule has 74 valence electrons. The molecule has 0 saturated carbocycles. The molecule has 0 radical (unpaired) electrons. The van der Waals surface area contributed by atoms with Crippen LogP contribution in [-0.4, -0.2) is 15.0 Å². The van der Waals surface area contributed by atoms with E-state index in [0.29, 0.717) is 6.42 Å². The van der Waals surface area contributed by atoms with Gasteiger partial charge in [0.1, 0.15) is 5.82 Å². The second-order valence-corrected chi connectivity index (χ2v) is 3.23. The second-order valence-electron chi connectivity index (χ2n) is 3.23. The number of nitriles is 1. The van der Waals surface area contributed by atoms with Crippen LogP contribution in [0.15, 0.2) is 24.5 Å². The Morgan fingerprint density at radius 2 is 2.13 bits per heavy atom. The molecular formula is C11H10N4. The van der Waals surface area contributed by atoms with Gasteiger partial charge in [-0.3, -0.25) is 4.98 Å². The van der Waals surface area contributed by atoms with Gasteiger partial charge >= 0.3 is 0 Å². The van der Waals surface area contributed by atoms with Crippen LogP contribution in [0.25, 0.3) is 11.4 Å². The molecule has 0 aliphatic carbocycles. The van der Waals surface area contributed by atoms with Crippen molar-refractivity contribution in [3.05, 3.63) is 35.9 Å². The van der Waals surface area contributed by atoms with E-state index in [1.165, 1.54) is 0 Å². The third kappa shape index (κ3) is 1.86. The van der Waals surface area contributed by atoms with E-state index >= 15 is 0 Å². The van der Waals surface area contributed by atoms with E-state index in [-0.39, 0.29) is 0 Å². The molecule has 0 bridgehead atoms. The topological polar surface area (TPSA) is 65.4 Å². The summed E-state index contributed by atoms with van der Waals surface area (Å²) in [5.74, 6) is 0.792. The number of nitrogens with zero attached hydrogens (tertiary/aromatic N) is 3. The maximum atomic E-state index is 8.61. The molecule has 1 N–H and O–H groups in total. The minimum absolute atomic E-state index is 0.341. The number of aryl methyl sites for hydroxylation is 1. The van der Waals surface area contributed by atoms with Crippen molar-refractivity contribution in [1.29, 1.82) is 5.26 Å². The van der Waals surface area contributed by atoms with Gasteiger partial charge in [0.2, 0.25) is 0 Å². The predicted octanol–water partition coefficient (Wildman–Crippen LogP) is 1.85. The van der Waals surface area contributed by atoms with Gasteiger partial charge in [0, 0.05) is 23.7 Å². The number of aromatic amines is 1. The number of pyridine rings is 1. The Balaban J connectivity index is 2.40. The lowest BCUT2D eigenvalue weighted by atomic mass is 10.2. The van der Waals surface area contributed by atoms with Crippen LogP contribution < -0.4 is 0 Å². The number of rotatable bonds is 2. The first kappa shape index (κ1) is 9.41. The summed E-state index contributed by atoms with van der Waals surface area (Å²) in [4.78, 5) is 11.5. The molecule has 0 spiro atoms. The van der Waals surface area contributed by atoms with Crippen LogP contribution in [0.5, 0.6) is 0 Å². The first-order valence-electron chi connectivity index (χ1n) is 4.64. The lowest BCUT2D eigenvalue weighted by Gasteiger charge is -1.93. The SMILES string of the molecule is Cc1[nH]c(-c2ccncc2)nc1CC#N. The molecule has 0 saturated heterocycles. The van der Waals surface area contributed by atoms with Crippen LogP contribution in [-0.2, 0) is 6.42 Å². The number of hydrogen-bond donors (Lipinski definition) is 1. The average Bonchev–Trinajstić information content (AvgIpc) is 2.63. The molecule has 0 fully saturated rings. The normalized spacial score (nSPS) is 9.87. The van der Waals surface area contributed by atoms with E-state index in [1.807, 2.05) is 19.1 Å². The summed E-state index contributed by atoms with van der Waals surface area (Å²) >= 11 is 0. The summed E-state index contributed by atoms with van der Waals surface area (Å²) in [5, 5.41) is 8.61. The molecule has 0 aromatic carbocycles. The van der Waals surface area contributed by atoms with Crippen molar-refractivity contribution in [2.75, 3.05) is 0 Å². The highest BCUT2D eigenvalue weighted by molar-refractivity contribution is 5.54. The van der Waals surface area contributed by atoms with Crippen molar-refractivity contribution in [3.8, 4) is 17.5 Å². The highest BCUT2D eigenvalue weighted by atomic mass is 14.9. The summed E-state index contributed by atoms with van der Waals surface area (Å²) in [6.07, 6.45) is 3.78. The van der Waals surface area contributed by atoms with Crippen molar-refractivity contribution in [1.82, 2.24) is 15.0 Å². The molecule has 0 atom stereocenters. The maximum Gasteiger partial charge on any atom is 0.137 e. The van der Waals surface area contributed by atoms with Gasteiger partial charge in [0.15, 0.2) is 0 Å². The Bertz CT molecular complexity index is 493. The zero-order valence-corrected chi connectivity index (χ0v) is 8.36. The van der Waals surface area contributed by atoms with Crippen LogP contribution in [0.2, 0.25) is 0 Å². The zero-order chi connectivity index (χ0) is 10.7. The van der Waals surface area contributed by atoms with E-state index in [2.05, 4.69) is 21.0 Å². The predicted molar refractivity (Wildman–Crippen MR) is 55.9 cm³/mol. The first-order chi connectivity index (χ1) is 7.31. The van der Waals surface area contributed by atoms with Gasteiger partial charge in [0.05, 0.1) is 18.2 Å². The van der Waals surface area contributed by atoms with Crippen LogP contribution >= 0.6 is 0 Å². The van der Waals surface area contributed by atoms with Gasteiger partial charge in [-0.15, -0.1) is 0 Å². The molecule has 2 aromatic rings. The van der Waals surface area contributed by atoms with E-state index in [9.17, 15) is 0 Å². The average molecular weight is 198 g/mol. The van der Waals surface area contributed by atoms with Gasteiger partial charge in [-0.2, -0.15) is 5.26 Å². The Labute approximate surface area is 87.6 Å². The molecule has 0 aliphatic heterocycles. The fraction of sp³-hybridized carbons (Fsp3) is 0.182. The summed E-state index contributed by atoms with van der Waals surface area (Å²) < 4.78 is 0. The standard InChI is InChI=1S/C11H10N4/c1-8-10(2-5-12)15-11(14-8)9-3-6-13-7-4-9/h3-4,6-7H,2H2,1H3,(H,14,15). The summed E-state index contributed by atoms with van der Waals surface area (Å²) in [6.45, 7) is 1.92. The molecular weight excluding hydrogens is 188 g/mol. The van der Waals surface area contributed by atoms with Crippen LogP contribution in [0.3, 0.4) is 0 Å². The Kier molecular flexibility index (Phi) is 2.46. The summed E-state index contributed by atoms with van der Waals surface area (Å²) in [5.41, 5.74) is 2.74. The smallest absolute Gasteiger partial charge is 0.137 e. The quantitative estimate of drug-likeness (QED) is 0.800. The highest BCUT2D eigenvalue weighted by Crippen LogP contribution is 2.16. The van der Waals surface area contributed by atoms with Gasteiger partial charge < -0.3 is 4.98 Å². The van der Waals surface area contributed by atoms with E-state index in [4.69, 9.17) is 5.26 Å². The van der Waals surface area contributed by atoms with Gasteiger partial charge in [0.25, 0.3) is 0 Å². The van der Waals surface area contributed by atoms with Gasteiger partial charge in [-0.05, 0) is 19.1 Å². The molecule has 2 rings (SSSR count). The lowest BCUT2D eigenvalue weighted by Crippen LogP contribution is -1.84.